The van der Waals surface area contributed by atoms with Gasteiger partial charge in [-0.25, -0.2) is 9.97 Å². The molecule has 1 heterocycles. The van der Waals surface area contributed by atoms with Crippen molar-refractivity contribution in [2.45, 2.75) is 31.7 Å². The third kappa shape index (κ3) is 2.48. The maximum absolute atomic E-state index is 6.20. The van der Waals surface area contributed by atoms with E-state index in [1.54, 1.807) is 0 Å². The molecule has 2 aromatic rings. The van der Waals surface area contributed by atoms with Crippen LogP contribution < -0.4 is 5.73 Å². The lowest BCUT2D eigenvalue weighted by molar-refractivity contribution is 0.614. The van der Waals surface area contributed by atoms with Crippen LogP contribution in [-0.2, 0) is 6.42 Å². The standard InChI is InChI=1S/C15H16ClN3/c16-12-6-2-1-5-10(12)15-18-9-11-13(17)7-3-4-8-14(11)19-15/h1-2,5-6,9,13H,3-4,7-8,17H2. The van der Waals surface area contributed by atoms with Crippen LogP contribution >= 0.6 is 11.6 Å². The van der Waals surface area contributed by atoms with Gasteiger partial charge in [-0.1, -0.05) is 30.2 Å². The number of nitrogens with two attached hydrogens (primary N) is 1. The van der Waals surface area contributed by atoms with Crippen molar-refractivity contribution in [1.29, 1.82) is 0 Å². The van der Waals surface area contributed by atoms with Crippen molar-refractivity contribution in [3.05, 3.63) is 46.7 Å². The molecule has 3 rings (SSSR count). The summed E-state index contributed by atoms with van der Waals surface area (Å²) in [6, 6.07) is 7.73. The fourth-order valence-electron chi connectivity index (χ4n) is 2.52. The minimum absolute atomic E-state index is 0.0674. The van der Waals surface area contributed by atoms with E-state index in [1.807, 2.05) is 30.5 Å². The summed E-state index contributed by atoms with van der Waals surface area (Å²) in [7, 11) is 0. The van der Waals surface area contributed by atoms with Crippen LogP contribution in [0.3, 0.4) is 0 Å². The topological polar surface area (TPSA) is 51.8 Å². The Hall–Kier alpha value is -1.45. The molecule has 0 amide bonds. The molecule has 2 N–H and O–H groups in total. The van der Waals surface area contributed by atoms with Crippen molar-refractivity contribution in [2.24, 2.45) is 5.73 Å². The lowest BCUT2D eigenvalue weighted by atomic mass is 10.1. The molecule has 0 saturated carbocycles. The summed E-state index contributed by atoms with van der Waals surface area (Å²) in [6.07, 6.45) is 6.15. The minimum atomic E-state index is 0.0674. The fourth-order valence-corrected chi connectivity index (χ4v) is 2.74. The minimum Gasteiger partial charge on any atom is -0.324 e. The molecule has 0 bridgehead atoms. The maximum atomic E-state index is 6.20. The van der Waals surface area contributed by atoms with E-state index >= 15 is 0 Å². The van der Waals surface area contributed by atoms with Gasteiger partial charge < -0.3 is 5.73 Å². The fraction of sp³-hybridized carbons (Fsp3) is 0.333. The molecule has 1 atom stereocenters. The van der Waals surface area contributed by atoms with Gasteiger partial charge in [0.15, 0.2) is 5.82 Å². The van der Waals surface area contributed by atoms with Crippen molar-refractivity contribution in [3.63, 3.8) is 0 Å². The number of hydrogen-bond donors (Lipinski definition) is 1. The largest absolute Gasteiger partial charge is 0.324 e. The molecule has 1 aromatic carbocycles. The zero-order chi connectivity index (χ0) is 13.2. The second-order valence-electron chi connectivity index (χ2n) is 4.93. The van der Waals surface area contributed by atoms with E-state index < -0.39 is 0 Å². The molecule has 0 spiro atoms. The summed E-state index contributed by atoms with van der Waals surface area (Å²) in [5.41, 5.74) is 9.21. The second-order valence-corrected chi connectivity index (χ2v) is 5.33. The van der Waals surface area contributed by atoms with Crippen LogP contribution in [0.5, 0.6) is 0 Å². The molecule has 0 aliphatic heterocycles. The number of aryl methyl sites for hydroxylation is 1. The number of hydrogen-bond acceptors (Lipinski definition) is 3. The molecule has 4 heteroatoms. The van der Waals surface area contributed by atoms with Crippen LogP contribution in [0.2, 0.25) is 5.02 Å². The summed E-state index contributed by atoms with van der Waals surface area (Å²) in [4.78, 5) is 9.12. The van der Waals surface area contributed by atoms with Gasteiger partial charge in [0, 0.05) is 29.1 Å². The van der Waals surface area contributed by atoms with Gasteiger partial charge in [-0.3, -0.25) is 0 Å². The smallest absolute Gasteiger partial charge is 0.160 e. The Morgan fingerprint density at radius 1 is 1.21 bits per heavy atom. The third-order valence-corrected chi connectivity index (χ3v) is 3.92. The van der Waals surface area contributed by atoms with E-state index in [9.17, 15) is 0 Å². The lowest BCUT2D eigenvalue weighted by Gasteiger charge is -2.12. The van der Waals surface area contributed by atoms with E-state index in [0.717, 1.165) is 42.5 Å². The average molecular weight is 274 g/mol. The van der Waals surface area contributed by atoms with E-state index in [-0.39, 0.29) is 6.04 Å². The van der Waals surface area contributed by atoms with Gasteiger partial charge in [-0.15, -0.1) is 0 Å². The van der Waals surface area contributed by atoms with Crippen LogP contribution in [0.15, 0.2) is 30.5 Å². The highest BCUT2D eigenvalue weighted by atomic mass is 35.5. The molecule has 0 fully saturated rings. The first-order valence-corrected chi connectivity index (χ1v) is 7.00. The number of aromatic nitrogens is 2. The summed E-state index contributed by atoms with van der Waals surface area (Å²) in [5.74, 6) is 0.693. The molecule has 19 heavy (non-hydrogen) atoms. The molecule has 1 aliphatic rings. The zero-order valence-corrected chi connectivity index (χ0v) is 11.4. The summed E-state index contributed by atoms with van der Waals surface area (Å²) in [5, 5.41) is 0.681. The molecule has 3 nitrogen and oxygen atoms in total. The highest BCUT2D eigenvalue weighted by Gasteiger charge is 2.18. The van der Waals surface area contributed by atoms with Crippen molar-refractivity contribution >= 4 is 11.6 Å². The highest BCUT2D eigenvalue weighted by molar-refractivity contribution is 6.33. The maximum Gasteiger partial charge on any atom is 0.160 e. The molecule has 0 saturated heterocycles. The van der Waals surface area contributed by atoms with Crippen LogP contribution in [0, 0.1) is 0 Å². The van der Waals surface area contributed by atoms with Crippen molar-refractivity contribution < 1.29 is 0 Å². The van der Waals surface area contributed by atoms with Crippen LogP contribution in [0.25, 0.3) is 11.4 Å². The monoisotopic (exact) mass is 273 g/mol. The Morgan fingerprint density at radius 2 is 2.05 bits per heavy atom. The quantitative estimate of drug-likeness (QED) is 0.809. The molecular weight excluding hydrogens is 258 g/mol. The zero-order valence-electron chi connectivity index (χ0n) is 10.6. The third-order valence-electron chi connectivity index (χ3n) is 3.59. The van der Waals surface area contributed by atoms with Gasteiger partial charge in [0.1, 0.15) is 0 Å². The van der Waals surface area contributed by atoms with Crippen LogP contribution in [0.1, 0.15) is 36.6 Å². The SMILES string of the molecule is NC1CCCCc2nc(-c3ccccc3Cl)ncc21. The number of benzene rings is 1. The summed E-state index contributed by atoms with van der Waals surface area (Å²) < 4.78 is 0. The van der Waals surface area contributed by atoms with Crippen molar-refractivity contribution in [2.75, 3.05) is 0 Å². The Labute approximate surface area is 117 Å². The number of fused-ring (bicyclic) bond motifs is 1. The predicted molar refractivity (Wildman–Crippen MR) is 77.0 cm³/mol. The van der Waals surface area contributed by atoms with E-state index in [1.165, 1.54) is 0 Å². The Kier molecular flexibility index (Phi) is 3.49. The van der Waals surface area contributed by atoms with Crippen molar-refractivity contribution in [3.8, 4) is 11.4 Å². The Balaban J connectivity index is 2.06. The molecule has 1 unspecified atom stereocenters. The summed E-state index contributed by atoms with van der Waals surface area (Å²) >= 11 is 6.20. The van der Waals surface area contributed by atoms with E-state index in [0.29, 0.717) is 10.8 Å². The van der Waals surface area contributed by atoms with E-state index in [4.69, 9.17) is 17.3 Å². The first kappa shape index (κ1) is 12.6. The van der Waals surface area contributed by atoms with Crippen LogP contribution in [-0.4, -0.2) is 9.97 Å². The van der Waals surface area contributed by atoms with Gasteiger partial charge in [0.2, 0.25) is 0 Å². The molecule has 98 valence electrons. The lowest BCUT2D eigenvalue weighted by Crippen LogP contribution is -2.12. The van der Waals surface area contributed by atoms with Gasteiger partial charge in [-0.2, -0.15) is 0 Å². The number of nitrogens with zero attached hydrogens (tertiary/aromatic N) is 2. The van der Waals surface area contributed by atoms with Gasteiger partial charge in [0.25, 0.3) is 0 Å². The number of rotatable bonds is 1. The van der Waals surface area contributed by atoms with Crippen LogP contribution in [0.4, 0.5) is 0 Å². The molecule has 1 aliphatic carbocycles. The van der Waals surface area contributed by atoms with Crippen molar-refractivity contribution in [1.82, 2.24) is 9.97 Å². The Bertz CT molecular complexity index is 598. The molecule has 1 aromatic heterocycles. The first-order chi connectivity index (χ1) is 9.25. The van der Waals surface area contributed by atoms with E-state index in [2.05, 4.69) is 9.97 Å². The second kappa shape index (κ2) is 5.27. The molecule has 0 radical (unpaired) electrons. The van der Waals surface area contributed by atoms with Gasteiger partial charge >= 0.3 is 0 Å². The van der Waals surface area contributed by atoms with Gasteiger partial charge in [0.05, 0.1) is 5.02 Å². The summed E-state index contributed by atoms with van der Waals surface area (Å²) in [6.45, 7) is 0. The normalized spacial score (nSPS) is 18.7. The predicted octanol–water partition coefficient (Wildman–Crippen LogP) is 3.52. The first-order valence-electron chi connectivity index (χ1n) is 6.62. The highest BCUT2D eigenvalue weighted by Crippen LogP contribution is 2.29. The Morgan fingerprint density at radius 3 is 2.89 bits per heavy atom. The average Bonchev–Trinajstić information content (AvgIpc) is 2.61. The van der Waals surface area contributed by atoms with Gasteiger partial charge in [-0.05, 0) is 31.4 Å². The number of halogens is 1. The molecular formula is C15H16ClN3.